The second-order valence-corrected chi connectivity index (χ2v) is 5.99. The number of piperidine rings is 1. The van der Waals surface area contributed by atoms with E-state index in [2.05, 4.69) is 9.88 Å². The first-order valence-corrected chi connectivity index (χ1v) is 8.43. The summed E-state index contributed by atoms with van der Waals surface area (Å²) < 4.78 is 11.2. The molecule has 0 aliphatic carbocycles. The molecular formula is C19H22N2O4. The minimum Gasteiger partial charge on any atom is -0.493 e. The highest BCUT2D eigenvalue weighted by Gasteiger charge is 2.23. The van der Waals surface area contributed by atoms with Crippen LogP contribution in [0.15, 0.2) is 36.4 Å². The molecule has 132 valence electrons. The summed E-state index contributed by atoms with van der Waals surface area (Å²) in [6.45, 7) is 2.00. The number of hydrogen-bond acceptors (Lipinski definition) is 5. The number of benzene rings is 1. The second-order valence-electron chi connectivity index (χ2n) is 5.99. The van der Waals surface area contributed by atoms with Crippen molar-refractivity contribution in [2.24, 2.45) is 0 Å². The molecule has 0 unspecified atom stereocenters. The first kappa shape index (κ1) is 17.1. The summed E-state index contributed by atoms with van der Waals surface area (Å²) in [6.07, 6.45) is 3.36. The van der Waals surface area contributed by atoms with Gasteiger partial charge in [-0.1, -0.05) is 30.3 Å². The Morgan fingerprint density at radius 1 is 1.20 bits per heavy atom. The average Bonchev–Trinajstić information content (AvgIpc) is 2.67. The van der Waals surface area contributed by atoms with Gasteiger partial charge in [0.25, 0.3) is 0 Å². The number of ether oxygens (including phenoxy) is 2. The van der Waals surface area contributed by atoms with Crippen molar-refractivity contribution in [1.29, 1.82) is 0 Å². The number of carbonyl (C=O) groups is 1. The lowest BCUT2D eigenvalue weighted by atomic mass is 10.1. The van der Waals surface area contributed by atoms with E-state index in [0.717, 1.165) is 31.5 Å². The highest BCUT2D eigenvalue weighted by Crippen LogP contribution is 2.35. The lowest BCUT2D eigenvalue weighted by molar-refractivity contribution is 0.0684. The van der Waals surface area contributed by atoms with Gasteiger partial charge in [-0.25, -0.2) is 9.78 Å². The Kier molecular flexibility index (Phi) is 5.38. The third-order valence-corrected chi connectivity index (χ3v) is 4.25. The number of methoxy groups -OCH3 is 1. The van der Waals surface area contributed by atoms with E-state index in [1.165, 1.54) is 13.5 Å². The SMILES string of the molecule is COc1cc(N2CCCCC2)nc(C(=O)O)c1OCc1ccccc1. The van der Waals surface area contributed by atoms with Crippen molar-refractivity contribution in [3.63, 3.8) is 0 Å². The van der Waals surface area contributed by atoms with Crippen molar-refractivity contribution < 1.29 is 19.4 Å². The Balaban J connectivity index is 1.91. The van der Waals surface area contributed by atoms with Gasteiger partial charge in [0.2, 0.25) is 0 Å². The molecule has 0 atom stereocenters. The Labute approximate surface area is 147 Å². The van der Waals surface area contributed by atoms with Crippen molar-refractivity contribution in [3.8, 4) is 11.5 Å². The van der Waals surface area contributed by atoms with Gasteiger partial charge in [0.1, 0.15) is 12.4 Å². The fourth-order valence-corrected chi connectivity index (χ4v) is 2.95. The van der Waals surface area contributed by atoms with Gasteiger partial charge in [0.15, 0.2) is 17.2 Å². The number of rotatable bonds is 6. The van der Waals surface area contributed by atoms with E-state index in [1.807, 2.05) is 30.3 Å². The maximum Gasteiger partial charge on any atom is 0.358 e. The van der Waals surface area contributed by atoms with Crippen molar-refractivity contribution in [2.45, 2.75) is 25.9 Å². The minimum atomic E-state index is -1.12. The van der Waals surface area contributed by atoms with Crippen LogP contribution in [0.4, 0.5) is 5.82 Å². The van der Waals surface area contributed by atoms with Crippen molar-refractivity contribution >= 4 is 11.8 Å². The lowest BCUT2D eigenvalue weighted by Gasteiger charge is -2.28. The zero-order valence-electron chi connectivity index (χ0n) is 14.3. The van der Waals surface area contributed by atoms with Gasteiger partial charge in [0.05, 0.1) is 7.11 Å². The molecule has 1 N–H and O–H groups in total. The van der Waals surface area contributed by atoms with Crippen LogP contribution in [0.3, 0.4) is 0 Å². The lowest BCUT2D eigenvalue weighted by Crippen LogP contribution is -2.30. The molecule has 6 heteroatoms. The summed E-state index contributed by atoms with van der Waals surface area (Å²) in [6, 6.07) is 11.3. The molecule has 1 aromatic carbocycles. The molecule has 0 bridgehead atoms. The molecule has 0 saturated carbocycles. The van der Waals surface area contributed by atoms with Crippen molar-refractivity contribution in [2.75, 3.05) is 25.1 Å². The van der Waals surface area contributed by atoms with Crippen molar-refractivity contribution in [3.05, 3.63) is 47.7 Å². The number of anilines is 1. The Bertz CT molecular complexity index is 728. The van der Waals surface area contributed by atoms with Crippen LogP contribution in [-0.4, -0.2) is 36.3 Å². The van der Waals surface area contributed by atoms with Crippen LogP contribution in [0.5, 0.6) is 11.5 Å². The number of hydrogen-bond donors (Lipinski definition) is 1. The third kappa shape index (κ3) is 4.02. The smallest absolute Gasteiger partial charge is 0.358 e. The summed E-state index contributed by atoms with van der Waals surface area (Å²) >= 11 is 0. The number of nitrogens with zero attached hydrogens (tertiary/aromatic N) is 2. The maximum atomic E-state index is 11.7. The number of carboxylic acid groups (broad SMARTS) is 1. The molecule has 0 radical (unpaired) electrons. The topological polar surface area (TPSA) is 71.9 Å². The number of carboxylic acids is 1. The second kappa shape index (κ2) is 7.88. The molecule has 3 rings (SSSR count). The van der Waals surface area contributed by atoms with Crippen LogP contribution in [0, 0.1) is 0 Å². The van der Waals surface area contributed by atoms with Crippen LogP contribution in [0.1, 0.15) is 35.3 Å². The van der Waals surface area contributed by atoms with E-state index in [-0.39, 0.29) is 18.1 Å². The minimum absolute atomic E-state index is 0.115. The summed E-state index contributed by atoms with van der Waals surface area (Å²) in [7, 11) is 1.51. The van der Waals surface area contributed by atoms with Gasteiger partial charge in [-0.15, -0.1) is 0 Å². The molecule has 1 aromatic heterocycles. The first-order chi connectivity index (χ1) is 12.2. The Morgan fingerprint density at radius 2 is 1.92 bits per heavy atom. The molecule has 6 nitrogen and oxygen atoms in total. The molecule has 2 heterocycles. The molecule has 2 aromatic rings. The number of aromatic nitrogens is 1. The predicted octanol–water partition coefficient (Wildman–Crippen LogP) is 3.36. The van der Waals surface area contributed by atoms with Gasteiger partial charge >= 0.3 is 5.97 Å². The number of pyridine rings is 1. The summed E-state index contributed by atoms with van der Waals surface area (Å²) in [4.78, 5) is 18.2. The molecular weight excluding hydrogens is 320 g/mol. The Morgan fingerprint density at radius 3 is 2.56 bits per heavy atom. The quantitative estimate of drug-likeness (QED) is 0.868. The van der Waals surface area contributed by atoms with Gasteiger partial charge in [-0.3, -0.25) is 0 Å². The van der Waals surface area contributed by atoms with Gasteiger partial charge in [-0.2, -0.15) is 0 Å². The van der Waals surface area contributed by atoms with Gasteiger partial charge in [-0.05, 0) is 24.8 Å². The number of aromatic carboxylic acids is 1. The average molecular weight is 342 g/mol. The standard InChI is InChI=1S/C19H22N2O4/c1-24-15-12-16(21-10-6-3-7-11-21)20-17(19(22)23)18(15)25-13-14-8-4-2-5-9-14/h2,4-5,8-9,12H,3,6-7,10-11,13H2,1H3,(H,22,23). The monoisotopic (exact) mass is 342 g/mol. The van der Waals surface area contributed by atoms with E-state index in [9.17, 15) is 9.90 Å². The summed E-state index contributed by atoms with van der Waals surface area (Å²) in [5, 5.41) is 9.59. The fourth-order valence-electron chi connectivity index (χ4n) is 2.95. The van der Waals surface area contributed by atoms with Crippen LogP contribution < -0.4 is 14.4 Å². The molecule has 0 amide bonds. The van der Waals surface area contributed by atoms with Crippen LogP contribution in [0.2, 0.25) is 0 Å². The first-order valence-electron chi connectivity index (χ1n) is 8.43. The zero-order chi connectivity index (χ0) is 17.6. The molecule has 1 fully saturated rings. The third-order valence-electron chi connectivity index (χ3n) is 4.25. The van der Waals surface area contributed by atoms with Gasteiger partial charge < -0.3 is 19.5 Å². The molecule has 1 aliphatic heterocycles. The molecule has 1 aliphatic rings. The maximum absolute atomic E-state index is 11.7. The highest BCUT2D eigenvalue weighted by atomic mass is 16.5. The summed E-state index contributed by atoms with van der Waals surface area (Å²) in [5.41, 5.74) is 0.830. The summed E-state index contributed by atoms with van der Waals surface area (Å²) in [5.74, 6) is 0.0600. The van der Waals surface area contributed by atoms with E-state index >= 15 is 0 Å². The van der Waals surface area contributed by atoms with Crippen LogP contribution in [0.25, 0.3) is 0 Å². The van der Waals surface area contributed by atoms with Gasteiger partial charge in [0, 0.05) is 19.2 Å². The van der Waals surface area contributed by atoms with E-state index in [1.54, 1.807) is 6.07 Å². The fraction of sp³-hybridized carbons (Fsp3) is 0.368. The molecule has 1 saturated heterocycles. The molecule has 0 spiro atoms. The normalized spacial score (nSPS) is 14.2. The van der Waals surface area contributed by atoms with E-state index in [0.29, 0.717) is 11.6 Å². The van der Waals surface area contributed by atoms with E-state index < -0.39 is 5.97 Å². The Hall–Kier alpha value is -2.76. The van der Waals surface area contributed by atoms with Crippen molar-refractivity contribution in [1.82, 2.24) is 4.98 Å². The van der Waals surface area contributed by atoms with E-state index in [4.69, 9.17) is 9.47 Å². The largest absolute Gasteiger partial charge is 0.493 e. The molecule has 25 heavy (non-hydrogen) atoms. The predicted molar refractivity (Wildman–Crippen MR) is 94.6 cm³/mol. The zero-order valence-corrected chi connectivity index (χ0v) is 14.3. The van der Waals surface area contributed by atoms with Crippen LogP contribution in [-0.2, 0) is 6.61 Å². The highest BCUT2D eigenvalue weighted by molar-refractivity contribution is 5.90. The van der Waals surface area contributed by atoms with Crippen LogP contribution >= 0.6 is 0 Å².